The number of piperidine rings is 2. The van der Waals surface area contributed by atoms with E-state index in [0.29, 0.717) is 48.0 Å². The lowest BCUT2D eigenvalue weighted by Crippen LogP contribution is -2.54. The molecule has 0 spiro atoms. The molecule has 5 rings (SSSR count). The summed E-state index contributed by atoms with van der Waals surface area (Å²) in [7, 11) is 0. The number of amides is 3. The van der Waals surface area contributed by atoms with Gasteiger partial charge in [0, 0.05) is 42.7 Å². The summed E-state index contributed by atoms with van der Waals surface area (Å²) >= 11 is 5.94. The molecule has 2 fully saturated rings. The van der Waals surface area contributed by atoms with Crippen molar-refractivity contribution in [2.24, 2.45) is 5.92 Å². The largest absolute Gasteiger partial charge is 0.476 e. The Morgan fingerprint density at radius 1 is 0.800 bits per heavy atom. The van der Waals surface area contributed by atoms with Crippen molar-refractivity contribution >= 4 is 35.0 Å². The van der Waals surface area contributed by atoms with Gasteiger partial charge in [-0.25, -0.2) is 0 Å². The summed E-state index contributed by atoms with van der Waals surface area (Å²) in [4.78, 5) is 45.1. The molecule has 0 saturated carbocycles. The fourth-order valence-electron chi connectivity index (χ4n) is 5.21. The lowest BCUT2D eigenvalue weighted by Gasteiger charge is -2.39. The van der Waals surface area contributed by atoms with Crippen LogP contribution in [-0.2, 0) is 9.59 Å². The molecular weight excluding hydrogens is 466 g/mol. The van der Waals surface area contributed by atoms with Crippen molar-refractivity contribution in [3.63, 3.8) is 0 Å². The molecule has 184 valence electrons. The van der Waals surface area contributed by atoms with Gasteiger partial charge in [0.05, 0.1) is 12.2 Å². The van der Waals surface area contributed by atoms with Crippen LogP contribution in [0.4, 0.5) is 5.69 Å². The molecule has 3 aliphatic heterocycles. The van der Waals surface area contributed by atoms with Crippen LogP contribution in [0, 0.1) is 5.92 Å². The highest BCUT2D eigenvalue weighted by Gasteiger charge is 2.39. The number of fused-ring (bicyclic) bond motifs is 1. The topological polar surface area (TPSA) is 70.2 Å². The number of rotatable bonds is 3. The van der Waals surface area contributed by atoms with Crippen LogP contribution in [0.15, 0.2) is 48.5 Å². The van der Waals surface area contributed by atoms with E-state index in [1.54, 1.807) is 34.1 Å². The first kappa shape index (κ1) is 23.7. The Morgan fingerprint density at radius 3 is 2.20 bits per heavy atom. The monoisotopic (exact) mass is 495 g/mol. The van der Waals surface area contributed by atoms with Gasteiger partial charge in [-0.3, -0.25) is 14.4 Å². The zero-order valence-corrected chi connectivity index (χ0v) is 20.5. The van der Waals surface area contributed by atoms with E-state index in [4.69, 9.17) is 16.3 Å². The van der Waals surface area contributed by atoms with Crippen LogP contribution in [0.25, 0.3) is 0 Å². The number of carbonyl (C=O) groups is 3. The van der Waals surface area contributed by atoms with E-state index < -0.39 is 6.10 Å². The third kappa shape index (κ3) is 5.01. The summed E-state index contributed by atoms with van der Waals surface area (Å²) in [6, 6.07) is 14.3. The molecule has 8 heteroatoms. The van der Waals surface area contributed by atoms with Crippen molar-refractivity contribution in [2.75, 3.05) is 37.6 Å². The van der Waals surface area contributed by atoms with Crippen LogP contribution >= 0.6 is 11.6 Å². The Morgan fingerprint density at radius 2 is 1.49 bits per heavy atom. The maximum atomic E-state index is 13.7. The van der Waals surface area contributed by atoms with Gasteiger partial charge in [0.25, 0.3) is 11.8 Å². The summed E-state index contributed by atoms with van der Waals surface area (Å²) < 4.78 is 6.07. The minimum Gasteiger partial charge on any atom is -0.476 e. The van der Waals surface area contributed by atoms with Crippen molar-refractivity contribution in [3.8, 4) is 5.75 Å². The standard InChI is InChI=1S/C27H30ClN3O4/c28-21-10-8-19(9-11-21)25(32)30-16-12-20(13-17-30)26(33)31-18-24(27(34)29-14-4-1-5-15-29)35-23-7-3-2-6-22(23)31/h2-3,6-11,20,24H,1,4-5,12-18H2/t24-/m0/s1. The molecule has 0 aromatic heterocycles. The quantitative estimate of drug-likeness (QED) is 0.645. The molecule has 0 radical (unpaired) electrons. The second-order valence-electron chi connectivity index (χ2n) is 9.48. The summed E-state index contributed by atoms with van der Waals surface area (Å²) in [6.45, 7) is 2.73. The number of carbonyl (C=O) groups excluding carboxylic acids is 3. The van der Waals surface area contributed by atoms with Crippen molar-refractivity contribution < 1.29 is 19.1 Å². The molecule has 0 aliphatic carbocycles. The van der Waals surface area contributed by atoms with Crippen molar-refractivity contribution in [3.05, 3.63) is 59.1 Å². The normalized spacial score (nSPS) is 20.7. The molecule has 2 aromatic rings. The maximum Gasteiger partial charge on any atom is 0.265 e. The van der Waals surface area contributed by atoms with E-state index in [1.807, 2.05) is 29.2 Å². The van der Waals surface area contributed by atoms with E-state index in [0.717, 1.165) is 32.4 Å². The van der Waals surface area contributed by atoms with E-state index >= 15 is 0 Å². The van der Waals surface area contributed by atoms with Gasteiger partial charge in [0.15, 0.2) is 6.10 Å². The Kier molecular flexibility index (Phi) is 6.95. The van der Waals surface area contributed by atoms with Gasteiger partial charge in [-0.05, 0) is 68.5 Å². The molecule has 3 amide bonds. The molecule has 3 heterocycles. The predicted molar refractivity (Wildman–Crippen MR) is 134 cm³/mol. The van der Waals surface area contributed by atoms with Gasteiger partial charge in [-0.2, -0.15) is 0 Å². The minimum absolute atomic E-state index is 0.00390. The van der Waals surface area contributed by atoms with Crippen LogP contribution in [-0.4, -0.2) is 66.3 Å². The number of nitrogens with zero attached hydrogens (tertiary/aromatic N) is 3. The van der Waals surface area contributed by atoms with Crippen molar-refractivity contribution in [1.82, 2.24) is 9.80 Å². The molecule has 35 heavy (non-hydrogen) atoms. The highest BCUT2D eigenvalue weighted by Crippen LogP contribution is 2.36. The Bertz CT molecular complexity index is 1090. The molecule has 0 unspecified atom stereocenters. The van der Waals surface area contributed by atoms with Gasteiger partial charge in [-0.1, -0.05) is 23.7 Å². The van der Waals surface area contributed by atoms with Crippen molar-refractivity contribution in [1.29, 1.82) is 0 Å². The van der Waals surface area contributed by atoms with E-state index in [1.165, 1.54) is 0 Å². The van der Waals surface area contributed by atoms with E-state index in [-0.39, 0.29) is 30.2 Å². The zero-order chi connectivity index (χ0) is 24.4. The molecule has 1 atom stereocenters. The van der Waals surface area contributed by atoms with Crippen LogP contribution < -0.4 is 9.64 Å². The molecule has 7 nitrogen and oxygen atoms in total. The average molecular weight is 496 g/mol. The number of benzene rings is 2. The third-order valence-electron chi connectivity index (χ3n) is 7.21. The van der Waals surface area contributed by atoms with E-state index in [9.17, 15) is 14.4 Å². The molecule has 0 N–H and O–H groups in total. The van der Waals surface area contributed by atoms with Gasteiger partial charge in [-0.15, -0.1) is 0 Å². The average Bonchev–Trinajstić information content (AvgIpc) is 2.92. The molecule has 3 aliphatic rings. The highest BCUT2D eigenvalue weighted by molar-refractivity contribution is 6.30. The van der Waals surface area contributed by atoms with Gasteiger partial charge in [0.2, 0.25) is 5.91 Å². The molecule has 0 bridgehead atoms. The lowest BCUT2D eigenvalue weighted by atomic mass is 9.94. The summed E-state index contributed by atoms with van der Waals surface area (Å²) in [5.41, 5.74) is 1.31. The van der Waals surface area contributed by atoms with Crippen LogP contribution in [0.2, 0.25) is 5.02 Å². The second kappa shape index (κ2) is 10.3. The third-order valence-corrected chi connectivity index (χ3v) is 7.46. The highest BCUT2D eigenvalue weighted by atomic mass is 35.5. The number of likely N-dealkylation sites (tertiary alicyclic amines) is 2. The molecule has 2 saturated heterocycles. The number of halogens is 1. The summed E-state index contributed by atoms with van der Waals surface area (Å²) in [5.74, 6) is 0.270. The second-order valence-corrected chi connectivity index (χ2v) is 9.92. The first-order chi connectivity index (χ1) is 17.0. The smallest absolute Gasteiger partial charge is 0.265 e. The van der Waals surface area contributed by atoms with Crippen LogP contribution in [0.1, 0.15) is 42.5 Å². The predicted octanol–water partition coefficient (Wildman–Crippen LogP) is 4.00. The number of ether oxygens (including phenoxy) is 1. The fourth-order valence-corrected chi connectivity index (χ4v) is 5.34. The lowest BCUT2D eigenvalue weighted by molar-refractivity contribution is -0.139. The summed E-state index contributed by atoms with van der Waals surface area (Å²) in [6.07, 6.45) is 3.63. The first-order valence-electron chi connectivity index (χ1n) is 12.4. The van der Waals surface area contributed by atoms with Gasteiger partial charge >= 0.3 is 0 Å². The fraction of sp³-hybridized carbons (Fsp3) is 0.444. The molecular formula is C27H30ClN3O4. The number of hydrogen-bond acceptors (Lipinski definition) is 4. The summed E-state index contributed by atoms with van der Waals surface area (Å²) in [5, 5.41) is 0.591. The zero-order valence-electron chi connectivity index (χ0n) is 19.7. The SMILES string of the molecule is O=C(c1ccc(Cl)cc1)N1CCC(C(=O)N2C[C@@H](C(=O)N3CCCCC3)Oc3ccccc32)CC1. The van der Waals surface area contributed by atoms with Gasteiger partial charge < -0.3 is 19.4 Å². The van der Waals surface area contributed by atoms with Crippen LogP contribution in [0.5, 0.6) is 5.75 Å². The maximum absolute atomic E-state index is 13.7. The minimum atomic E-state index is -0.696. The molecule has 2 aromatic carbocycles. The van der Waals surface area contributed by atoms with E-state index in [2.05, 4.69) is 0 Å². The number of hydrogen-bond donors (Lipinski definition) is 0. The Hall–Kier alpha value is -3.06. The first-order valence-corrected chi connectivity index (χ1v) is 12.8. The van der Waals surface area contributed by atoms with Crippen LogP contribution in [0.3, 0.4) is 0 Å². The number of anilines is 1. The Balaban J connectivity index is 1.27. The van der Waals surface area contributed by atoms with Gasteiger partial charge in [0.1, 0.15) is 5.75 Å². The number of para-hydroxylation sites is 2. The Labute approximate surface area is 210 Å². The van der Waals surface area contributed by atoms with Crippen molar-refractivity contribution in [2.45, 2.75) is 38.2 Å².